The maximum atomic E-state index is 13.9. The summed E-state index contributed by atoms with van der Waals surface area (Å²) in [6.45, 7) is 0.306. The Balaban J connectivity index is 1.69. The first-order valence-corrected chi connectivity index (χ1v) is 10.6. The predicted octanol–water partition coefficient (Wildman–Crippen LogP) is -0.231. The summed E-state index contributed by atoms with van der Waals surface area (Å²) in [6.07, 6.45) is 3.88. The average molecular weight is 436 g/mol. The average Bonchev–Trinajstić information content (AvgIpc) is 2.74. The second kappa shape index (κ2) is 8.36. The highest BCUT2D eigenvalue weighted by molar-refractivity contribution is 7.89. The number of hydrogen-bond donors (Lipinski definition) is 0. The van der Waals surface area contributed by atoms with Crippen molar-refractivity contribution in [3.63, 3.8) is 0 Å². The molecule has 11 heteroatoms. The minimum absolute atomic E-state index is 0.0256. The lowest BCUT2D eigenvalue weighted by molar-refractivity contribution is -0.127. The highest BCUT2D eigenvalue weighted by atomic mass is 32.2. The lowest BCUT2D eigenvalue weighted by atomic mass is 10.2. The van der Waals surface area contributed by atoms with Gasteiger partial charge in [-0.05, 0) is 18.2 Å². The molecule has 1 aliphatic rings. The van der Waals surface area contributed by atoms with Crippen molar-refractivity contribution in [2.45, 2.75) is 4.90 Å². The van der Waals surface area contributed by atoms with Crippen LogP contribution in [0.3, 0.4) is 0 Å². The molecular formula is C19H21FN4O5S. The molecule has 0 bridgehead atoms. The minimum Gasteiger partial charge on any atom is -0.337 e. The van der Waals surface area contributed by atoms with E-state index < -0.39 is 37.9 Å². The zero-order valence-electron chi connectivity index (χ0n) is 16.5. The second-order valence-electron chi connectivity index (χ2n) is 6.84. The van der Waals surface area contributed by atoms with Crippen LogP contribution in [0.5, 0.6) is 0 Å². The van der Waals surface area contributed by atoms with Gasteiger partial charge in [0.25, 0.3) is 5.56 Å². The van der Waals surface area contributed by atoms with E-state index in [4.69, 9.17) is 0 Å². The van der Waals surface area contributed by atoms with Crippen molar-refractivity contribution in [2.75, 3.05) is 26.2 Å². The Hall–Kier alpha value is -3.05. The number of piperazine rings is 1. The van der Waals surface area contributed by atoms with Gasteiger partial charge in [-0.25, -0.2) is 17.6 Å². The van der Waals surface area contributed by atoms with Gasteiger partial charge in [0.05, 0.1) is 5.56 Å². The molecule has 1 amide bonds. The largest absolute Gasteiger partial charge is 0.337 e. The fourth-order valence-electron chi connectivity index (χ4n) is 3.16. The number of halogens is 1. The number of amides is 1. The van der Waals surface area contributed by atoms with Gasteiger partial charge < -0.3 is 9.47 Å². The first-order chi connectivity index (χ1) is 14.1. The van der Waals surface area contributed by atoms with E-state index in [1.54, 1.807) is 0 Å². The summed E-state index contributed by atoms with van der Waals surface area (Å²) in [7, 11) is -1.15. The number of hydrogen-bond acceptors (Lipinski definition) is 5. The molecule has 1 fully saturated rings. The highest BCUT2D eigenvalue weighted by Gasteiger charge is 2.31. The van der Waals surface area contributed by atoms with E-state index in [1.807, 2.05) is 0 Å². The Morgan fingerprint density at radius 3 is 2.33 bits per heavy atom. The van der Waals surface area contributed by atoms with E-state index in [-0.39, 0.29) is 31.7 Å². The quantitative estimate of drug-likeness (QED) is 0.617. The maximum absolute atomic E-state index is 13.9. The third-order valence-electron chi connectivity index (χ3n) is 4.88. The molecule has 1 aliphatic heterocycles. The Labute approximate surface area is 172 Å². The normalized spacial score (nSPS) is 15.6. The number of nitrogens with zero attached hydrogens (tertiary/aromatic N) is 4. The third-order valence-corrected chi connectivity index (χ3v) is 6.82. The van der Waals surface area contributed by atoms with Crippen molar-refractivity contribution >= 4 is 22.0 Å². The minimum atomic E-state index is -3.99. The van der Waals surface area contributed by atoms with Gasteiger partial charge in [-0.1, -0.05) is 12.1 Å². The molecule has 0 aliphatic carbocycles. The topological polar surface area (TPSA) is 102 Å². The van der Waals surface area contributed by atoms with Gasteiger partial charge in [0.15, 0.2) is 0 Å². The Morgan fingerprint density at radius 2 is 1.70 bits per heavy atom. The van der Waals surface area contributed by atoms with E-state index in [1.165, 1.54) is 60.1 Å². The fraction of sp³-hybridized carbons (Fsp3) is 0.316. The van der Waals surface area contributed by atoms with Crippen LogP contribution in [-0.4, -0.2) is 58.8 Å². The lowest BCUT2D eigenvalue weighted by Gasteiger charge is -2.33. The summed E-state index contributed by atoms with van der Waals surface area (Å²) in [5, 5.41) is 0. The van der Waals surface area contributed by atoms with Crippen molar-refractivity contribution in [3.05, 3.63) is 68.8 Å². The molecule has 2 heterocycles. The number of rotatable bonds is 4. The van der Waals surface area contributed by atoms with Gasteiger partial charge in [-0.3, -0.25) is 14.2 Å². The number of carbonyl (C=O) groups is 1. The monoisotopic (exact) mass is 436 g/mol. The van der Waals surface area contributed by atoms with Crippen LogP contribution >= 0.6 is 0 Å². The van der Waals surface area contributed by atoms with Gasteiger partial charge in [-0.2, -0.15) is 4.31 Å². The summed E-state index contributed by atoms with van der Waals surface area (Å²) < 4.78 is 42.5. The number of carbonyl (C=O) groups excluding carboxylic acids is 1. The van der Waals surface area contributed by atoms with E-state index in [0.29, 0.717) is 0 Å². The van der Waals surface area contributed by atoms with Crippen LogP contribution in [0.2, 0.25) is 0 Å². The molecular weight excluding hydrogens is 415 g/mol. The van der Waals surface area contributed by atoms with Crippen LogP contribution in [0.25, 0.3) is 6.08 Å². The molecule has 0 atom stereocenters. The summed E-state index contributed by atoms with van der Waals surface area (Å²) in [4.78, 5) is 37.3. The van der Waals surface area contributed by atoms with E-state index >= 15 is 0 Å². The summed E-state index contributed by atoms with van der Waals surface area (Å²) >= 11 is 0. The molecule has 0 unspecified atom stereocenters. The number of aryl methyl sites for hydroxylation is 1. The molecule has 1 aromatic heterocycles. The predicted molar refractivity (Wildman–Crippen MR) is 108 cm³/mol. The molecule has 2 aromatic rings. The molecule has 3 rings (SSSR count). The van der Waals surface area contributed by atoms with Crippen LogP contribution in [0.4, 0.5) is 4.39 Å². The molecule has 1 saturated heterocycles. The van der Waals surface area contributed by atoms with Crippen LogP contribution in [-0.2, 0) is 28.9 Å². The molecule has 30 heavy (non-hydrogen) atoms. The summed E-state index contributed by atoms with van der Waals surface area (Å²) in [6, 6.07) is 5.15. The third kappa shape index (κ3) is 4.12. The van der Waals surface area contributed by atoms with Gasteiger partial charge in [0.1, 0.15) is 10.7 Å². The van der Waals surface area contributed by atoms with Crippen LogP contribution in [0, 0.1) is 5.82 Å². The first-order valence-electron chi connectivity index (χ1n) is 9.11. The van der Waals surface area contributed by atoms with Gasteiger partial charge in [0, 0.05) is 52.5 Å². The van der Waals surface area contributed by atoms with Crippen molar-refractivity contribution in [1.29, 1.82) is 0 Å². The zero-order chi connectivity index (χ0) is 22.1. The molecule has 1 aromatic carbocycles. The SMILES string of the molecule is Cn1cc(/C=C/C(=O)N2CCN(S(=O)(=O)c3ccccc3F)CC2)c(=O)n(C)c1=O. The fourth-order valence-corrected chi connectivity index (χ4v) is 4.65. The zero-order valence-corrected chi connectivity index (χ0v) is 17.3. The highest BCUT2D eigenvalue weighted by Crippen LogP contribution is 2.20. The van der Waals surface area contributed by atoms with E-state index in [0.717, 1.165) is 14.9 Å². The van der Waals surface area contributed by atoms with Crippen molar-refractivity contribution in [2.24, 2.45) is 14.1 Å². The van der Waals surface area contributed by atoms with Gasteiger partial charge >= 0.3 is 5.69 Å². The molecule has 0 spiro atoms. The molecule has 0 radical (unpaired) electrons. The van der Waals surface area contributed by atoms with Crippen LogP contribution in [0.15, 0.2) is 51.0 Å². The van der Waals surface area contributed by atoms with E-state index in [9.17, 15) is 27.2 Å². The van der Waals surface area contributed by atoms with E-state index in [2.05, 4.69) is 0 Å². The Bertz CT molecular complexity index is 1220. The van der Waals surface area contributed by atoms with Crippen molar-refractivity contribution in [1.82, 2.24) is 18.3 Å². The maximum Gasteiger partial charge on any atom is 0.330 e. The Morgan fingerprint density at radius 1 is 1.07 bits per heavy atom. The van der Waals surface area contributed by atoms with Gasteiger partial charge in [-0.15, -0.1) is 0 Å². The van der Waals surface area contributed by atoms with Crippen molar-refractivity contribution < 1.29 is 17.6 Å². The number of sulfonamides is 1. The standard InChI is InChI=1S/C19H21FN4O5S/c1-21-13-14(18(26)22(2)19(21)27)7-8-17(25)23-9-11-24(12-10-23)30(28,29)16-6-4-3-5-15(16)20/h3-8,13H,9-12H2,1-2H3/b8-7+. The first kappa shape index (κ1) is 21.7. The lowest BCUT2D eigenvalue weighted by Crippen LogP contribution is -2.50. The molecule has 0 N–H and O–H groups in total. The van der Waals surface area contributed by atoms with Crippen LogP contribution < -0.4 is 11.2 Å². The molecule has 9 nitrogen and oxygen atoms in total. The molecule has 0 saturated carbocycles. The van der Waals surface area contributed by atoms with Gasteiger partial charge in [0.2, 0.25) is 15.9 Å². The number of benzene rings is 1. The molecule has 160 valence electrons. The van der Waals surface area contributed by atoms with Crippen molar-refractivity contribution in [3.8, 4) is 0 Å². The smallest absolute Gasteiger partial charge is 0.330 e. The summed E-state index contributed by atoms with van der Waals surface area (Å²) in [5.74, 6) is -1.22. The summed E-state index contributed by atoms with van der Waals surface area (Å²) in [5.41, 5.74) is -0.827. The Kier molecular flexibility index (Phi) is 6.04. The number of aromatic nitrogens is 2. The van der Waals surface area contributed by atoms with Crippen LogP contribution in [0.1, 0.15) is 5.56 Å². The second-order valence-corrected chi connectivity index (χ2v) is 8.74.